The first-order valence-electron chi connectivity index (χ1n) is 0.632. The Bertz CT molecular complexity index is 11.5. The van der Waals surface area contributed by atoms with Crippen LogP contribution in [0.5, 0.6) is 0 Å². The predicted octanol–water partition coefficient (Wildman–Crippen LogP) is -2.64. The molecule has 2 nitrogen and oxygen atoms in total. The van der Waals surface area contributed by atoms with Crippen LogP contribution in [0.2, 0.25) is 0 Å². The minimum absolute atomic E-state index is 0. The second-order valence-electron chi connectivity index (χ2n) is 0.141. The van der Waals surface area contributed by atoms with E-state index in [2.05, 4.69) is 0 Å². The predicted molar refractivity (Wildman–Crippen MR) is 33.1 cm³/mol. The fraction of sp³-hybridized carbons (Fsp3) is 0. The average molecular weight is 163 g/mol. The van der Waals surface area contributed by atoms with Gasteiger partial charge in [0.15, 0.2) is 0 Å². The molecule has 0 atom stereocenters. The van der Waals surface area contributed by atoms with Gasteiger partial charge in [-0.2, -0.15) is 0 Å². The van der Waals surface area contributed by atoms with Gasteiger partial charge in [0.2, 0.25) is 0 Å². The number of hydrogen-bond acceptors (Lipinski definition) is 2. The first kappa shape index (κ1) is 22.7. The van der Waals surface area contributed by atoms with Crippen LogP contribution >= 0.6 is 12.4 Å². The topological polar surface area (TPSA) is 40.5 Å². The molecule has 0 aromatic rings. The summed E-state index contributed by atoms with van der Waals surface area (Å²) in [6.45, 7) is 0. The first-order chi connectivity index (χ1) is 1.41. The Hall–Kier alpha value is 3.55. The molecule has 0 aromatic carbocycles. The Morgan fingerprint density at radius 2 is 1.00 bits per heavy atom. The standard InChI is InChI=1S/BH3O2.ClH.2K.2H/c2-1-3;;;;;/h1-3H;1H;;;;. The van der Waals surface area contributed by atoms with Crippen LogP contribution < -0.4 is 0 Å². The zero-order valence-corrected chi connectivity index (χ0v) is 2.83. The van der Waals surface area contributed by atoms with Gasteiger partial charge >= 0.3 is 110 Å². The molecule has 30 valence electrons. The van der Waals surface area contributed by atoms with E-state index in [0.29, 0.717) is 0 Å². The summed E-state index contributed by atoms with van der Waals surface area (Å²) < 4.78 is 0. The SMILES string of the molecule is Cl.OBO.[KH].[KH]. The molecule has 0 aliphatic heterocycles. The van der Waals surface area contributed by atoms with E-state index in [1.165, 1.54) is 0 Å². The van der Waals surface area contributed by atoms with Gasteiger partial charge in [0, 0.05) is 0 Å². The van der Waals surface area contributed by atoms with Crippen molar-refractivity contribution in [3.05, 3.63) is 0 Å². The fourth-order valence-corrected chi connectivity index (χ4v) is 0. The number of hydrogen-bond donors (Lipinski definition) is 2. The van der Waals surface area contributed by atoms with Crippen LogP contribution in [0.1, 0.15) is 0 Å². The second-order valence-corrected chi connectivity index (χ2v) is 0.141. The van der Waals surface area contributed by atoms with Crippen LogP contribution in [0.3, 0.4) is 0 Å². The summed E-state index contributed by atoms with van der Waals surface area (Å²) in [5, 5.41) is 14.2. The monoisotopic (exact) mass is 162 g/mol. The van der Waals surface area contributed by atoms with Gasteiger partial charge in [0.05, 0.1) is 0 Å². The van der Waals surface area contributed by atoms with Crippen molar-refractivity contribution < 1.29 is 10.0 Å². The average Bonchev–Trinajstić information content (AvgIpc) is 0.918. The number of rotatable bonds is 0. The molecule has 0 rings (SSSR count). The van der Waals surface area contributed by atoms with Crippen LogP contribution in [0.4, 0.5) is 0 Å². The van der Waals surface area contributed by atoms with E-state index in [4.69, 9.17) is 10.0 Å². The summed E-state index contributed by atoms with van der Waals surface area (Å²) in [7, 11) is -0.750. The Morgan fingerprint density at radius 3 is 1.00 bits per heavy atom. The Morgan fingerprint density at radius 1 is 1.00 bits per heavy atom. The molecule has 0 saturated carbocycles. The van der Waals surface area contributed by atoms with Crippen LogP contribution in [0.25, 0.3) is 0 Å². The third-order valence-electron chi connectivity index (χ3n) is 0. The molecule has 0 aromatic heterocycles. The molecule has 6 heavy (non-hydrogen) atoms. The van der Waals surface area contributed by atoms with E-state index in [1.54, 1.807) is 0 Å². The van der Waals surface area contributed by atoms with E-state index in [-0.39, 0.29) is 115 Å². The normalized spacial score (nSPS) is 2.33. The molecular weight excluding hydrogens is 156 g/mol. The van der Waals surface area contributed by atoms with Crippen molar-refractivity contribution in [2.75, 3.05) is 0 Å². The van der Waals surface area contributed by atoms with E-state index >= 15 is 0 Å². The molecule has 0 spiro atoms. The van der Waals surface area contributed by atoms with Crippen LogP contribution in [-0.2, 0) is 0 Å². The van der Waals surface area contributed by atoms with E-state index in [0.717, 1.165) is 0 Å². The molecule has 0 saturated heterocycles. The molecule has 0 aliphatic rings. The van der Waals surface area contributed by atoms with Gasteiger partial charge in [-0.25, -0.2) is 0 Å². The summed E-state index contributed by atoms with van der Waals surface area (Å²) in [5.74, 6) is 0. The molecule has 0 fully saturated rings. The van der Waals surface area contributed by atoms with Crippen molar-refractivity contribution in [2.45, 2.75) is 0 Å². The second kappa shape index (κ2) is 23.5. The van der Waals surface area contributed by atoms with Crippen molar-refractivity contribution in [2.24, 2.45) is 0 Å². The molecule has 0 aliphatic carbocycles. The molecule has 0 radical (unpaired) electrons. The summed E-state index contributed by atoms with van der Waals surface area (Å²) in [5.41, 5.74) is 0. The molecule has 2 N–H and O–H groups in total. The van der Waals surface area contributed by atoms with Crippen molar-refractivity contribution in [1.29, 1.82) is 0 Å². The van der Waals surface area contributed by atoms with Gasteiger partial charge in [0.25, 0.3) is 0 Å². The Labute approximate surface area is 129 Å². The molecule has 0 unspecified atom stereocenters. The third kappa shape index (κ3) is 25.7. The molecule has 0 bridgehead atoms. The van der Waals surface area contributed by atoms with Crippen molar-refractivity contribution >= 4 is 123 Å². The summed E-state index contributed by atoms with van der Waals surface area (Å²) in [4.78, 5) is 0. The van der Waals surface area contributed by atoms with Crippen molar-refractivity contribution in [3.8, 4) is 0 Å². The molecule has 0 amide bonds. The van der Waals surface area contributed by atoms with E-state index < -0.39 is 7.69 Å². The zero-order valence-electron chi connectivity index (χ0n) is 2.01. The summed E-state index contributed by atoms with van der Waals surface area (Å²) in [6, 6.07) is 0. The maximum absolute atomic E-state index is 7.12. The van der Waals surface area contributed by atoms with E-state index in [1.807, 2.05) is 0 Å². The Kier molecular flexibility index (Phi) is 88.9. The zero-order chi connectivity index (χ0) is 2.71. The van der Waals surface area contributed by atoms with Gasteiger partial charge in [-0.1, -0.05) is 0 Å². The van der Waals surface area contributed by atoms with Gasteiger partial charge in [-0.05, 0) is 0 Å². The summed E-state index contributed by atoms with van der Waals surface area (Å²) >= 11 is 0. The van der Waals surface area contributed by atoms with Gasteiger partial charge in [0.1, 0.15) is 0 Å². The quantitative estimate of drug-likeness (QED) is 0.383. The Balaban J connectivity index is -0.00000000667. The van der Waals surface area contributed by atoms with Gasteiger partial charge < -0.3 is 10.0 Å². The fourth-order valence-electron chi connectivity index (χ4n) is 0. The molecular formula is H6BClK2O2. The first-order valence-corrected chi connectivity index (χ1v) is 0.632. The summed E-state index contributed by atoms with van der Waals surface area (Å²) in [6.07, 6.45) is 0. The number of halogens is 1. The third-order valence-corrected chi connectivity index (χ3v) is 0. The van der Waals surface area contributed by atoms with Crippen LogP contribution in [-0.4, -0.2) is 121 Å². The van der Waals surface area contributed by atoms with Crippen molar-refractivity contribution in [1.82, 2.24) is 0 Å². The van der Waals surface area contributed by atoms with Crippen LogP contribution in [0, 0.1) is 0 Å². The maximum atomic E-state index is 7.12. The van der Waals surface area contributed by atoms with Gasteiger partial charge in [-0.3, -0.25) is 0 Å². The molecule has 0 heterocycles. The van der Waals surface area contributed by atoms with Crippen LogP contribution in [0.15, 0.2) is 0 Å². The molecule has 6 heteroatoms. The van der Waals surface area contributed by atoms with E-state index in [9.17, 15) is 0 Å². The minimum atomic E-state index is -0.750. The van der Waals surface area contributed by atoms with Gasteiger partial charge in [-0.15, -0.1) is 12.4 Å². The van der Waals surface area contributed by atoms with Crippen molar-refractivity contribution in [3.63, 3.8) is 0 Å².